The van der Waals surface area contributed by atoms with Crippen LogP contribution in [0.2, 0.25) is 0 Å². The van der Waals surface area contributed by atoms with Crippen molar-refractivity contribution in [1.29, 1.82) is 0 Å². The van der Waals surface area contributed by atoms with Crippen LogP contribution in [0.1, 0.15) is 19.8 Å². The van der Waals surface area contributed by atoms with Gasteiger partial charge in [-0.1, -0.05) is 6.92 Å². The van der Waals surface area contributed by atoms with Gasteiger partial charge >= 0.3 is 0 Å². The summed E-state index contributed by atoms with van der Waals surface area (Å²) < 4.78 is 0. The highest BCUT2D eigenvalue weighted by molar-refractivity contribution is 5.75. The van der Waals surface area contributed by atoms with Gasteiger partial charge in [-0.25, -0.2) is 0 Å². The number of nitrogens with two attached hydrogens (primary N) is 2. The molecule has 2 atom stereocenters. The predicted molar refractivity (Wildman–Crippen MR) is 52.0 cm³/mol. The summed E-state index contributed by atoms with van der Waals surface area (Å²) in [5.41, 5.74) is 10.8. The van der Waals surface area contributed by atoms with E-state index in [9.17, 15) is 4.79 Å². The second-order valence-electron chi connectivity index (χ2n) is 3.86. The van der Waals surface area contributed by atoms with E-state index in [1.54, 1.807) is 0 Å². The molecule has 1 saturated heterocycles. The Labute approximate surface area is 79.3 Å². The molecule has 0 aromatic heterocycles. The molecule has 1 aliphatic rings. The van der Waals surface area contributed by atoms with E-state index >= 15 is 0 Å². The topological polar surface area (TPSA) is 72.3 Å². The summed E-state index contributed by atoms with van der Waals surface area (Å²) in [4.78, 5) is 12.9. The third-order valence-electron chi connectivity index (χ3n) is 2.83. The largest absolute Gasteiger partial charge is 0.369 e. The first-order valence-electron chi connectivity index (χ1n) is 4.87. The Morgan fingerprint density at radius 1 is 1.62 bits per heavy atom. The zero-order chi connectivity index (χ0) is 9.84. The van der Waals surface area contributed by atoms with Crippen molar-refractivity contribution in [2.24, 2.45) is 17.4 Å². The summed E-state index contributed by atoms with van der Waals surface area (Å²) in [5.74, 6) is 0.325. The van der Waals surface area contributed by atoms with E-state index in [2.05, 4.69) is 11.8 Å². The molecular formula is C9H19N3O. The molecule has 0 bridgehead atoms. The zero-order valence-electron chi connectivity index (χ0n) is 8.20. The fourth-order valence-electron chi connectivity index (χ4n) is 2.11. The van der Waals surface area contributed by atoms with Crippen LogP contribution in [0.25, 0.3) is 0 Å². The highest BCUT2D eigenvalue weighted by atomic mass is 16.1. The summed E-state index contributed by atoms with van der Waals surface area (Å²) in [6.07, 6.45) is 2.35. The fourth-order valence-corrected chi connectivity index (χ4v) is 2.11. The van der Waals surface area contributed by atoms with Gasteiger partial charge < -0.3 is 11.5 Å². The normalized spacial score (nSPS) is 30.3. The fraction of sp³-hybridized carbons (Fsp3) is 0.889. The summed E-state index contributed by atoms with van der Waals surface area (Å²) in [5, 5.41) is 0. The minimum atomic E-state index is -0.257. The van der Waals surface area contributed by atoms with E-state index in [1.807, 2.05) is 0 Å². The van der Waals surface area contributed by atoms with E-state index in [4.69, 9.17) is 11.5 Å². The van der Waals surface area contributed by atoms with Gasteiger partial charge in [-0.2, -0.15) is 0 Å². The highest BCUT2D eigenvalue weighted by Crippen LogP contribution is 2.21. The number of hydrogen-bond donors (Lipinski definition) is 2. The molecule has 2 unspecified atom stereocenters. The first-order valence-corrected chi connectivity index (χ1v) is 4.87. The number of carbonyl (C=O) groups is 1. The Balaban J connectivity index is 2.53. The lowest BCUT2D eigenvalue weighted by molar-refractivity contribution is -0.120. The highest BCUT2D eigenvalue weighted by Gasteiger charge is 2.27. The summed E-state index contributed by atoms with van der Waals surface area (Å²) >= 11 is 0. The number of likely N-dealkylation sites (tertiary alicyclic amines) is 1. The minimum absolute atomic E-state index is 0.257. The van der Waals surface area contributed by atoms with Crippen LogP contribution < -0.4 is 11.5 Å². The molecule has 4 N–H and O–H groups in total. The maximum absolute atomic E-state index is 10.8. The van der Waals surface area contributed by atoms with Crippen LogP contribution in [-0.2, 0) is 4.79 Å². The van der Waals surface area contributed by atoms with Crippen LogP contribution >= 0.6 is 0 Å². The van der Waals surface area contributed by atoms with Crippen molar-refractivity contribution in [1.82, 2.24) is 4.90 Å². The number of primary amides is 1. The van der Waals surface area contributed by atoms with Gasteiger partial charge in [-0.3, -0.25) is 9.69 Å². The molecule has 4 nitrogen and oxygen atoms in total. The van der Waals surface area contributed by atoms with Crippen molar-refractivity contribution in [2.45, 2.75) is 25.8 Å². The number of nitrogens with zero attached hydrogens (tertiary/aromatic N) is 1. The molecule has 4 heteroatoms. The van der Waals surface area contributed by atoms with Crippen molar-refractivity contribution in [3.05, 3.63) is 0 Å². The van der Waals surface area contributed by atoms with Gasteiger partial charge in [0, 0.05) is 12.6 Å². The Morgan fingerprint density at radius 3 is 2.85 bits per heavy atom. The number of hydrogen-bond acceptors (Lipinski definition) is 3. The van der Waals surface area contributed by atoms with Crippen LogP contribution in [0, 0.1) is 5.92 Å². The molecule has 13 heavy (non-hydrogen) atoms. The van der Waals surface area contributed by atoms with E-state index in [-0.39, 0.29) is 5.91 Å². The lowest BCUT2D eigenvalue weighted by Gasteiger charge is -2.38. The van der Waals surface area contributed by atoms with Gasteiger partial charge in [0.25, 0.3) is 0 Å². The molecule has 0 radical (unpaired) electrons. The first kappa shape index (κ1) is 10.5. The number of amides is 1. The van der Waals surface area contributed by atoms with Crippen molar-refractivity contribution in [3.63, 3.8) is 0 Å². The smallest absolute Gasteiger partial charge is 0.231 e. The molecule has 0 aliphatic carbocycles. The maximum Gasteiger partial charge on any atom is 0.231 e. The van der Waals surface area contributed by atoms with Gasteiger partial charge in [0.15, 0.2) is 0 Å². The van der Waals surface area contributed by atoms with Crippen LogP contribution in [0.3, 0.4) is 0 Å². The van der Waals surface area contributed by atoms with E-state index < -0.39 is 0 Å². The second kappa shape index (κ2) is 4.58. The molecule has 0 aromatic rings. The molecule has 1 aliphatic heterocycles. The van der Waals surface area contributed by atoms with Crippen molar-refractivity contribution in [2.75, 3.05) is 19.6 Å². The average Bonchev–Trinajstić information content (AvgIpc) is 2.03. The average molecular weight is 185 g/mol. The monoisotopic (exact) mass is 185 g/mol. The Morgan fingerprint density at radius 2 is 2.31 bits per heavy atom. The van der Waals surface area contributed by atoms with Crippen molar-refractivity contribution >= 4 is 5.91 Å². The van der Waals surface area contributed by atoms with E-state index in [0.717, 1.165) is 13.0 Å². The van der Waals surface area contributed by atoms with E-state index in [1.165, 1.54) is 6.42 Å². The molecule has 76 valence electrons. The summed E-state index contributed by atoms with van der Waals surface area (Å²) in [6.45, 7) is 4.11. The molecular weight excluding hydrogens is 166 g/mol. The molecule has 1 heterocycles. The van der Waals surface area contributed by atoms with Gasteiger partial charge in [0.1, 0.15) is 0 Å². The first-order chi connectivity index (χ1) is 6.15. The molecule has 0 spiro atoms. The summed E-state index contributed by atoms with van der Waals surface area (Å²) in [6, 6.07) is 0.334. The van der Waals surface area contributed by atoms with Crippen LogP contribution in [0.5, 0.6) is 0 Å². The number of carbonyl (C=O) groups excluding carboxylic acids is 1. The molecule has 1 amide bonds. The van der Waals surface area contributed by atoms with Crippen LogP contribution in [0.15, 0.2) is 0 Å². The quantitative estimate of drug-likeness (QED) is 0.624. The van der Waals surface area contributed by atoms with Gasteiger partial charge in [0.05, 0.1) is 6.54 Å². The minimum Gasteiger partial charge on any atom is -0.369 e. The molecule has 0 saturated carbocycles. The Hall–Kier alpha value is -0.610. The van der Waals surface area contributed by atoms with Gasteiger partial charge in [-0.05, 0) is 25.3 Å². The molecule has 0 aromatic carbocycles. The SMILES string of the molecule is CC1CCCN(CC(N)=O)C1CN. The zero-order valence-corrected chi connectivity index (χ0v) is 8.20. The van der Waals surface area contributed by atoms with Crippen molar-refractivity contribution in [3.8, 4) is 0 Å². The second-order valence-corrected chi connectivity index (χ2v) is 3.86. The maximum atomic E-state index is 10.8. The van der Waals surface area contributed by atoms with Gasteiger partial charge in [-0.15, -0.1) is 0 Å². The Bertz CT molecular complexity index is 184. The third kappa shape index (κ3) is 2.67. The number of rotatable bonds is 3. The number of piperidine rings is 1. The standard InChI is InChI=1S/C9H19N3O/c1-7-3-2-4-12(6-9(11)13)8(7)5-10/h7-8H,2-6,10H2,1H3,(H2,11,13). The third-order valence-corrected chi connectivity index (χ3v) is 2.83. The Kier molecular flexibility index (Phi) is 3.69. The summed E-state index contributed by atoms with van der Waals surface area (Å²) in [7, 11) is 0. The lowest BCUT2D eigenvalue weighted by atomic mass is 9.91. The lowest BCUT2D eigenvalue weighted by Crippen LogP contribution is -2.51. The van der Waals surface area contributed by atoms with Gasteiger partial charge in [0.2, 0.25) is 5.91 Å². The molecule has 1 fully saturated rings. The van der Waals surface area contributed by atoms with E-state index in [0.29, 0.717) is 25.0 Å². The van der Waals surface area contributed by atoms with Crippen LogP contribution in [0.4, 0.5) is 0 Å². The molecule has 1 rings (SSSR count). The predicted octanol–water partition coefficient (Wildman–Crippen LogP) is -0.469. The van der Waals surface area contributed by atoms with Crippen molar-refractivity contribution < 1.29 is 4.79 Å². The van der Waals surface area contributed by atoms with Crippen LogP contribution in [-0.4, -0.2) is 36.5 Å².